The minimum atomic E-state index is -0.0833. The van der Waals surface area contributed by atoms with Crippen molar-refractivity contribution >= 4 is 5.91 Å². The molecule has 0 saturated carbocycles. The number of hydrogen-bond donors (Lipinski definition) is 2. The van der Waals surface area contributed by atoms with Crippen LogP contribution >= 0.6 is 0 Å². The van der Waals surface area contributed by atoms with E-state index in [1.54, 1.807) is 7.05 Å². The van der Waals surface area contributed by atoms with Gasteiger partial charge in [-0.05, 0) is 32.4 Å². The molecule has 1 heterocycles. The van der Waals surface area contributed by atoms with Crippen LogP contribution in [0, 0.1) is 5.41 Å². The molecule has 14 heavy (non-hydrogen) atoms. The Hall–Kier alpha value is -0.570. The largest absolute Gasteiger partial charge is 0.359 e. The molecule has 0 spiro atoms. The van der Waals surface area contributed by atoms with E-state index in [9.17, 15) is 4.79 Å². The van der Waals surface area contributed by atoms with E-state index < -0.39 is 0 Å². The molecule has 84 valence electrons. The van der Waals surface area contributed by atoms with E-state index in [1.807, 2.05) is 13.8 Å². The van der Waals surface area contributed by atoms with Crippen molar-refractivity contribution in [1.29, 1.82) is 0 Å². The fourth-order valence-electron chi connectivity index (χ4n) is 1.91. The van der Waals surface area contributed by atoms with Gasteiger partial charge in [0.2, 0.25) is 5.91 Å². The van der Waals surface area contributed by atoms with Gasteiger partial charge >= 0.3 is 0 Å². The van der Waals surface area contributed by atoms with Crippen LogP contribution in [0.4, 0.5) is 0 Å². The van der Waals surface area contributed by atoms with Crippen LogP contribution in [0.1, 0.15) is 40.0 Å². The molecule has 0 atom stereocenters. The summed E-state index contributed by atoms with van der Waals surface area (Å²) in [6, 6.07) is 0. The lowest BCUT2D eigenvalue weighted by Crippen LogP contribution is -2.46. The summed E-state index contributed by atoms with van der Waals surface area (Å²) in [6.45, 7) is 8.04. The van der Waals surface area contributed by atoms with Gasteiger partial charge in [-0.15, -0.1) is 0 Å². The lowest BCUT2D eigenvalue weighted by molar-refractivity contribution is -0.132. The number of carbonyl (C=O) groups excluding carboxylic acids is 1. The van der Waals surface area contributed by atoms with Crippen molar-refractivity contribution in [3.8, 4) is 0 Å². The molecule has 2 N–H and O–H groups in total. The van der Waals surface area contributed by atoms with Crippen LogP contribution < -0.4 is 10.6 Å². The van der Waals surface area contributed by atoms with Gasteiger partial charge < -0.3 is 10.6 Å². The molecule has 1 aliphatic heterocycles. The smallest absolute Gasteiger partial charge is 0.226 e. The molecular formula is C11H24N2O. The van der Waals surface area contributed by atoms with E-state index in [0.717, 1.165) is 32.4 Å². The average Bonchev–Trinajstić information content (AvgIpc) is 2.31. The quantitative estimate of drug-likeness (QED) is 0.710. The van der Waals surface area contributed by atoms with Gasteiger partial charge in [0.15, 0.2) is 0 Å². The van der Waals surface area contributed by atoms with E-state index in [-0.39, 0.29) is 11.3 Å². The number of rotatable bonds is 2. The lowest BCUT2D eigenvalue weighted by atomic mass is 9.76. The van der Waals surface area contributed by atoms with Crippen molar-refractivity contribution in [2.75, 3.05) is 20.1 Å². The lowest BCUT2D eigenvalue weighted by Gasteiger charge is -2.34. The Labute approximate surface area is 87.6 Å². The second-order valence-corrected chi connectivity index (χ2v) is 3.46. The van der Waals surface area contributed by atoms with E-state index >= 15 is 0 Å². The number of nitrogens with one attached hydrogen (secondary N) is 2. The van der Waals surface area contributed by atoms with Crippen LogP contribution in [-0.2, 0) is 4.79 Å². The van der Waals surface area contributed by atoms with Crippen LogP contribution in [0.2, 0.25) is 0 Å². The normalized spacial score (nSPS) is 19.1. The fourth-order valence-corrected chi connectivity index (χ4v) is 1.91. The maximum atomic E-state index is 11.6. The predicted octanol–water partition coefficient (Wildman–Crippen LogP) is 1.54. The zero-order chi connectivity index (χ0) is 11.0. The molecule has 1 rings (SSSR count). The van der Waals surface area contributed by atoms with E-state index in [0.29, 0.717) is 0 Å². The summed E-state index contributed by atoms with van der Waals surface area (Å²) in [5, 5.41) is 6.03. The highest BCUT2D eigenvalue weighted by molar-refractivity contribution is 5.82. The highest BCUT2D eigenvalue weighted by atomic mass is 16.2. The molecule has 0 aliphatic carbocycles. The Kier molecular flexibility index (Phi) is 6.54. The van der Waals surface area contributed by atoms with Crippen molar-refractivity contribution in [3.05, 3.63) is 0 Å². The Morgan fingerprint density at radius 1 is 1.36 bits per heavy atom. The van der Waals surface area contributed by atoms with Crippen molar-refractivity contribution in [1.82, 2.24) is 10.6 Å². The van der Waals surface area contributed by atoms with Gasteiger partial charge in [0, 0.05) is 7.05 Å². The molecule has 1 saturated heterocycles. The number of piperidine rings is 1. The van der Waals surface area contributed by atoms with Crippen molar-refractivity contribution in [2.24, 2.45) is 5.41 Å². The van der Waals surface area contributed by atoms with Gasteiger partial charge in [-0.2, -0.15) is 0 Å². The van der Waals surface area contributed by atoms with Crippen LogP contribution in [0.25, 0.3) is 0 Å². The van der Waals surface area contributed by atoms with E-state index in [1.165, 1.54) is 0 Å². The predicted molar refractivity (Wildman–Crippen MR) is 60.2 cm³/mol. The van der Waals surface area contributed by atoms with E-state index in [2.05, 4.69) is 17.6 Å². The molecule has 1 amide bonds. The maximum Gasteiger partial charge on any atom is 0.226 e. The summed E-state index contributed by atoms with van der Waals surface area (Å²) in [5.74, 6) is 0.214. The zero-order valence-electron chi connectivity index (χ0n) is 9.94. The first-order valence-corrected chi connectivity index (χ1v) is 5.68. The summed E-state index contributed by atoms with van der Waals surface area (Å²) < 4.78 is 0. The summed E-state index contributed by atoms with van der Waals surface area (Å²) in [6.07, 6.45) is 2.90. The van der Waals surface area contributed by atoms with Crippen LogP contribution in [0.15, 0.2) is 0 Å². The number of amides is 1. The Bertz CT molecular complexity index is 163. The highest BCUT2D eigenvalue weighted by Crippen LogP contribution is 2.32. The van der Waals surface area contributed by atoms with Gasteiger partial charge in [0.25, 0.3) is 0 Å². The summed E-state index contributed by atoms with van der Waals surface area (Å²) >= 11 is 0. The standard InChI is InChI=1S/C9H18N2O.C2H6/c1-3-9(8(12)10-2)4-6-11-7-5-9;1-2/h11H,3-7H2,1-2H3,(H,10,12);1-2H3. The third kappa shape index (κ3) is 2.98. The molecule has 1 fully saturated rings. The number of carbonyl (C=O) groups is 1. The maximum absolute atomic E-state index is 11.6. The Morgan fingerprint density at radius 3 is 2.21 bits per heavy atom. The molecule has 1 aliphatic rings. The minimum absolute atomic E-state index is 0.0833. The Balaban J connectivity index is 0.000000791. The van der Waals surface area contributed by atoms with Gasteiger partial charge in [0.1, 0.15) is 0 Å². The van der Waals surface area contributed by atoms with Gasteiger partial charge in [-0.3, -0.25) is 4.79 Å². The summed E-state index contributed by atoms with van der Waals surface area (Å²) in [4.78, 5) is 11.6. The topological polar surface area (TPSA) is 41.1 Å². The number of hydrogen-bond acceptors (Lipinski definition) is 2. The molecule has 3 nitrogen and oxygen atoms in total. The molecular weight excluding hydrogens is 176 g/mol. The highest BCUT2D eigenvalue weighted by Gasteiger charge is 2.36. The molecule has 0 bridgehead atoms. The molecule has 0 aromatic heterocycles. The first-order chi connectivity index (χ1) is 6.75. The fraction of sp³-hybridized carbons (Fsp3) is 0.909. The molecule has 3 heteroatoms. The van der Waals surface area contributed by atoms with Gasteiger partial charge in [-0.1, -0.05) is 20.8 Å². The second-order valence-electron chi connectivity index (χ2n) is 3.46. The summed E-state index contributed by atoms with van der Waals surface area (Å²) in [7, 11) is 1.72. The summed E-state index contributed by atoms with van der Waals surface area (Å²) in [5.41, 5.74) is -0.0833. The first kappa shape index (κ1) is 13.4. The molecule has 0 aromatic rings. The molecule has 0 unspecified atom stereocenters. The van der Waals surface area contributed by atoms with Gasteiger partial charge in [-0.25, -0.2) is 0 Å². The Morgan fingerprint density at radius 2 is 1.86 bits per heavy atom. The average molecular weight is 200 g/mol. The third-order valence-corrected chi connectivity index (χ3v) is 2.95. The van der Waals surface area contributed by atoms with Crippen LogP contribution in [-0.4, -0.2) is 26.0 Å². The van der Waals surface area contributed by atoms with Crippen LogP contribution in [0.5, 0.6) is 0 Å². The zero-order valence-corrected chi connectivity index (χ0v) is 9.94. The third-order valence-electron chi connectivity index (χ3n) is 2.95. The van der Waals surface area contributed by atoms with Crippen molar-refractivity contribution < 1.29 is 4.79 Å². The van der Waals surface area contributed by atoms with Crippen molar-refractivity contribution in [2.45, 2.75) is 40.0 Å². The van der Waals surface area contributed by atoms with Crippen LogP contribution in [0.3, 0.4) is 0 Å². The minimum Gasteiger partial charge on any atom is -0.359 e. The molecule has 0 radical (unpaired) electrons. The molecule has 0 aromatic carbocycles. The monoisotopic (exact) mass is 200 g/mol. The van der Waals surface area contributed by atoms with E-state index in [4.69, 9.17) is 0 Å². The van der Waals surface area contributed by atoms with Gasteiger partial charge in [0.05, 0.1) is 5.41 Å². The second kappa shape index (κ2) is 6.82. The van der Waals surface area contributed by atoms with Crippen molar-refractivity contribution in [3.63, 3.8) is 0 Å². The first-order valence-electron chi connectivity index (χ1n) is 5.68. The SMILES string of the molecule is CC.CCC1(C(=O)NC)CCNCC1.